The van der Waals surface area contributed by atoms with Gasteiger partial charge in [-0.25, -0.2) is 8.78 Å². The SMILES string of the molecule is CCNC(Cc1cccc(F)c1F)C1COCCO1. The van der Waals surface area contributed by atoms with E-state index in [1.54, 1.807) is 6.07 Å². The standard InChI is InChI=1S/C14H19F2NO2/c1-2-17-12(13-9-18-6-7-19-13)8-10-4-3-5-11(15)14(10)16/h3-5,12-13,17H,2,6-9H2,1H3. The second-order valence-corrected chi connectivity index (χ2v) is 4.57. The average Bonchev–Trinajstić information content (AvgIpc) is 2.44. The Kier molecular flexibility index (Phi) is 5.24. The fourth-order valence-electron chi connectivity index (χ4n) is 2.28. The minimum atomic E-state index is -0.812. The van der Waals surface area contributed by atoms with Crippen LogP contribution in [0, 0.1) is 11.6 Å². The molecule has 1 aliphatic heterocycles. The topological polar surface area (TPSA) is 30.5 Å². The van der Waals surface area contributed by atoms with Crippen LogP contribution in [0.2, 0.25) is 0 Å². The van der Waals surface area contributed by atoms with E-state index in [0.717, 1.165) is 12.6 Å². The van der Waals surface area contributed by atoms with Crippen LogP contribution in [-0.2, 0) is 15.9 Å². The highest BCUT2D eigenvalue weighted by atomic mass is 19.2. The quantitative estimate of drug-likeness (QED) is 0.887. The monoisotopic (exact) mass is 271 g/mol. The highest BCUT2D eigenvalue weighted by molar-refractivity contribution is 5.20. The second-order valence-electron chi connectivity index (χ2n) is 4.57. The lowest BCUT2D eigenvalue weighted by Gasteiger charge is -2.31. The van der Waals surface area contributed by atoms with Crippen molar-refractivity contribution >= 4 is 0 Å². The number of nitrogens with one attached hydrogen (secondary N) is 1. The molecule has 1 aromatic carbocycles. The maximum absolute atomic E-state index is 13.7. The van der Waals surface area contributed by atoms with Gasteiger partial charge in [-0.2, -0.15) is 0 Å². The lowest BCUT2D eigenvalue weighted by molar-refractivity contribution is -0.101. The van der Waals surface area contributed by atoms with E-state index in [-0.39, 0.29) is 12.1 Å². The molecule has 0 aliphatic carbocycles. The molecule has 1 fully saturated rings. The van der Waals surface area contributed by atoms with Crippen molar-refractivity contribution in [2.24, 2.45) is 0 Å². The Morgan fingerprint density at radius 3 is 2.89 bits per heavy atom. The number of benzene rings is 1. The van der Waals surface area contributed by atoms with Crippen LogP contribution < -0.4 is 5.32 Å². The first-order chi connectivity index (χ1) is 9.22. The third kappa shape index (κ3) is 3.72. The van der Waals surface area contributed by atoms with Crippen molar-refractivity contribution in [3.05, 3.63) is 35.4 Å². The summed E-state index contributed by atoms with van der Waals surface area (Å²) in [5.41, 5.74) is 0.361. The zero-order chi connectivity index (χ0) is 13.7. The molecule has 106 valence electrons. The number of ether oxygens (including phenoxy) is 2. The lowest BCUT2D eigenvalue weighted by Crippen LogP contribution is -2.48. The molecule has 2 atom stereocenters. The van der Waals surface area contributed by atoms with Gasteiger partial charge < -0.3 is 14.8 Å². The third-order valence-electron chi connectivity index (χ3n) is 3.23. The van der Waals surface area contributed by atoms with Crippen LogP contribution in [-0.4, -0.2) is 38.5 Å². The van der Waals surface area contributed by atoms with Crippen LogP contribution in [0.25, 0.3) is 0 Å². The Hall–Kier alpha value is -1.04. The van der Waals surface area contributed by atoms with Gasteiger partial charge in [0, 0.05) is 6.04 Å². The molecule has 2 unspecified atom stereocenters. The van der Waals surface area contributed by atoms with E-state index in [0.29, 0.717) is 31.8 Å². The fourth-order valence-corrected chi connectivity index (χ4v) is 2.28. The van der Waals surface area contributed by atoms with Crippen molar-refractivity contribution in [2.75, 3.05) is 26.4 Å². The Balaban J connectivity index is 2.08. The highest BCUT2D eigenvalue weighted by Gasteiger charge is 2.26. The molecule has 0 spiro atoms. The van der Waals surface area contributed by atoms with E-state index in [1.165, 1.54) is 6.07 Å². The molecule has 0 radical (unpaired) electrons. The van der Waals surface area contributed by atoms with Crippen LogP contribution >= 0.6 is 0 Å². The van der Waals surface area contributed by atoms with Crippen LogP contribution in [0.15, 0.2) is 18.2 Å². The van der Waals surface area contributed by atoms with E-state index in [1.807, 2.05) is 6.92 Å². The van der Waals surface area contributed by atoms with Crippen molar-refractivity contribution in [3.63, 3.8) is 0 Å². The summed E-state index contributed by atoms with van der Waals surface area (Å²) in [6.07, 6.45) is 0.252. The van der Waals surface area contributed by atoms with E-state index in [2.05, 4.69) is 5.32 Å². The van der Waals surface area contributed by atoms with E-state index >= 15 is 0 Å². The van der Waals surface area contributed by atoms with Crippen LogP contribution in [0.1, 0.15) is 12.5 Å². The Morgan fingerprint density at radius 1 is 1.37 bits per heavy atom. The first kappa shape index (κ1) is 14.4. The maximum Gasteiger partial charge on any atom is 0.162 e. The Bertz CT molecular complexity index is 408. The van der Waals surface area contributed by atoms with Crippen molar-refractivity contribution in [1.82, 2.24) is 5.32 Å². The zero-order valence-electron chi connectivity index (χ0n) is 11.0. The van der Waals surface area contributed by atoms with Crippen LogP contribution in [0.4, 0.5) is 8.78 Å². The molecule has 1 aliphatic rings. The van der Waals surface area contributed by atoms with Gasteiger partial charge in [-0.15, -0.1) is 0 Å². The number of hydrogen-bond acceptors (Lipinski definition) is 3. The van der Waals surface area contributed by atoms with Gasteiger partial charge in [0.05, 0.1) is 25.9 Å². The van der Waals surface area contributed by atoms with Crippen molar-refractivity contribution in [3.8, 4) is 0 Å². The largest absolute Gasteiger partial charge is 0.376 e. The fraction of sp³-hybridized carbons (Fsp3) is 0.571. The molecule has 19 heavy (non-hydrogen) atoms. The molecule has 0 bridgehead atoms. The van der Waals surface area contributed by atoms with E-state index in [9.17, 15) is 8.78 Å². The maximum atomic E-state index is 13.7. The lowest BCUT2D eigenvalue weighted by atomic mass is 10.0. The molecule has 1 aromatic rings. The normalized spacial score (nSPS) is 21.3. The van der Waals surface area contributed by atoms with E-state index in [4.69, 9.17) is 9.47 Å². The molecule has 1 heterocycles. The van der Waals surface area contributed by atoms with Gasteiger partial charge in [0.15, 0.2) is 11.6 Å². The summed E-state index contributed by atoms with van der Waals surface area (Å²) >= 11 is 0. The summed E-state index contributed by atoms with van der Waals surface area (Å²) in [7, 11) is 0. The summed E-state index contributed by atoms with van der Waals surface area (Å²) in [5, 5.41) is 3.25. The number of halogens is 2. The summed E-state index contributed by atoms with van der Waals surface area (Å²) in [6, 6.07) is 4.17. The van der Waals surface area contributed by atoms with Crippen LogP contribution in [0.5, 0.6) is 0 Å². The van der Waals surface area contributed by atoms with Gasteiger partial charge in [-0.1, -0.05) is 19.1 Å². The molecule has 1 N–H and O–H groups in total. The van der Waals surface area contributed by atoms with Crippen molar-refractivity contribution in [2.45, 2.75) is 25.5 Å². The minimum absolute atomic E-state index is 0.0819. The summed E-state index contributed by atoms with van der Waals surface area (Å²) in [4.78, 5) is 0. The molecule has 0 amide bonds. The van der Waals surface area contributed by atoms with Crippen molar-refractivity contribution in [1.29, 1.82) is 0 Å². The minimum Gasteiger partial charge on any atom is -0.376 e. The predicted octanol–water partition coefficient (Wildman–Crippen LogP) is 1.90. The van der Waals surface area contributed by atoms with Gasteiger partial charge in [0.25, 0.3) is 0 Å². The molecular weight excluding hydrogens is 252 g/mol. The van der Waals surface area contributed by atoms with Gasteiger partial charge >= 0.3 is 0 Å². The summed E-state index contributed by atoms with van der Waals surface area (Å²) in [6.45, 7) is 4.32. The number of hydrogen-bond donors (Lipinski definition) is 1. The second kappa shape index (κ2) is 6.93. The van der Waals surface area contributed by atoms with Gasteiger partial charge in [0.2, 0.25) is 0 Å². The van der Waals surface area contributed by atoms with E-state index < -0.39 is 11.6 Å². The molecule has 3 nitrogen and oxygen atoms in total. The molecule has 0 saturated carbocycles. The highest BCUT2D eigenvalue weighted by Crippen LogP contribution is 2.16. The van der Waals surface area contributed by atoms with Crippen molar-refractivity contribution < 1.29 is 18.3 Å². The zero-order valence-corrected chi connectivity index (χ0v) is 11.0. The molecule has 2 rings (SSSR count). The Labute approximate surface area is 111 Å². The summed E-state index contributed by atoms with van der Waals surface area (Å²) in [5.74, 6) is -1.59. The number of likely N-dealkylation sites (N-methyl/N-ethyl adjacent to an activating group) is 1. The predicted molar refractivity (Wildman–Crippen MR) is 68.1 cm³/mol. The average molecular weight is 271 g/mol. The van der Waals surface area contributed by atoms with Gasteiger partial charge in [-0.3, -0.25) is 0 Å². The first-order valence-corrected chi connectivity index (χ1v) is 6.58. The van der Waals surface area contributed by atoms with Gasteiger partial charge in [0.1, 0.15) is 0 Å². The van der Waals surface area contributed by atoms with Gasteiger partial charge in [-0.05, 0) is 24.6 Å². The molecule has 5 heteroatoms. The summed E-state index contributed by atoms with van der Waals surface area (Å²) < 4.78 is 37.9. The smallest absolute Gasteiger partial charge is 0.162 e. The first-order valence-electron chi connectivity index (χ1n) is 6.58. The third-order valence-corrected chi connectivity index (χ3v) is 3.23. The molecular formula is C14H19F2NO2. The molecule has 0 aromatic heterocycles. The Morgan fingerprint density at radius 2 is 2.21 bits per heavy atom. The number of rotatable bonds is 5. The van der Waals surface area contributed by atoms with Crippen LogP contribution in [0.3, 0.4) is 0 Å². The molecule has 1 saturated heterocycles.